The minimum Gasteiger partial charge on any atom is -0.325 e. The molecule has 1 aromatic rings. The molecule has 0 aromatic carbocycles. The summed E-state index contributed by atoms with van der Waals surface area (Å²) in [5, 5.41) is 4.60. The normalized spacial score (nSPS) is 29.8. The second-order valence-electron chi connectivity index (χ2n) is 6.10. The summed E-state index contributed by atoms with van der Waals surface area (Å²) in [4.78, 5) is 0. The molecule has 0 atom stereocenters. The Hall–Kier alpha value is -0.830. The zero-order valence-corrected chi connectivity index (χ0v) is 11.3. The van der Waals surface area contributed by atoms with Crippen LogP contribution >= 0.6 is 0 Å². The molecular weight excluding hydrogens is 210 g/mol. The van der Waals surface area contributed by atoms with E-state index in [4.69, 9.17) is 5.73 Å². The Morgan fingerprint density at radius 3 is 2.65 bits per heavy atom. The topological polar surface area (TPSA) is 43.8 Å². The van der Waals surface area contributed by atoms with E-state index in [0.29, 0.717) is 6.04 Å². The van der Waals surface area contributed by atoms with Gasteiger partial charge >= 0.3 is 0 Å². The third kappa shape index (κ3) is 3.09. The first-order valence-corrected chi connectivity index (χ1v) is 6.81. The van der Waals surface area contributed by atoms with Crippen molar-refractivity contribution in [2.45, 2.75) is 64.5 Å². The van der Waals surface area contributed by atoms with Crippen LogP contribution in [-0.4, -0.2) is 15.3 Å². The predicted octanol–water partition coefficient (Wildman–Crippen LogP) is 2.91. The van der Waals surface area contributed by atoms with E-state index in [9.17, 15) is 0 Å². The van der Waals surface area contributed by atoms with Crippen molar-refractivity contribution in [3.8, 4) is 0 Å². The molecule has 17 heavy (non-hydrogen) atoms. The number of hydrogen-bond donors (Lipinski definition) is 1. The van der Waals surface area contributed by atoms with E-state index in [2.05, 4.69) is 38.1 Å². The molecule has 0 amide bonds. The highest BCUT2D eigenvalue weighted by Gasteiger charge is 2.30. The lowest BCUT2D eigenvalue weighted by Crippen LogP contribution is -2.45. The lowest BCUT2D eigenvalue weighted by atomic mass is 9.75. The molecule has 0 bridgehead atoms. The van der Waals surface area contributed by atoms with E-state index in [0.717, 1.165) is 30.9 Å². The molecule has 0 aliphatic heterocycles. The number of hydrogen-bond acceptors (Lipinski definition) is 2. The molecule has 96 valence electrons. The average Bonchev–Trinajstić information content (AvgIpc) is 2.71. The zero-order chi connectivity index (χ0) is 12.5. The van der Waals surface area contributed by atoms with Crippen LogP contribution < -0.4 is 5.73 Å². The van der Waals surface area contributed by atoms with Crippen LogP contribution in [0.5, 0.6) is 0 Å². The third-order valence-electron chi connectivity index (χ3n) is 4.00. The summed E-state index contributed by atoms with van der Waals surface area (Å²) < 4.78 is 2.02. The highest BCUT2D eigenvalue weighted by atomic mass is 15.3. The van der Waals surface area contributed by atoms with E-state index in [1.165, 1.54) is 12.8 Å². The summed E-state index contributed by atoms with van der Waals surface area (Å²) in [5.74, 6) is 0.847. The SMILES string of the molecule is CC1CCC(N)(Cc2ccn(C(C)C)n2)CC1. The van der Waals surface area contributed by atoms with Crippen molar-refractivity contribution in [1.29, 1.82) is 0 Å². The zero-order valence-electron chi connectivity index (χ0n) is 11.3. The van der Waals surface area contributed by atoms with Gasteiger partial charge in [0.2, 0.25) is 0 Å². The van der Waals surface area contributed by atoms with Gasteiger partial charge in [-0.3, -0.25) is 4.68 Å². The second kappa shape index (κ2) is 4.81. The fourth-order valence-electron chi connectivity index (χ4n) is 2.63. The summed E-state index contributed by atoms with van der Waals surface area (Å²) in [6.45, 7) is 6.63. The number of aromatic nitrogens is 2. The summed E-state index contributed by atoms with van der Waals surface area (Å²) in [5.41, 5.74) is 7.63. The van der Waals surface area contributed by atoms with Crippen LogP contribution in [0.25, 0.3) is 0 Å². The van der Waals surface area contributed by atoms with Gasteiger partial charge in [0.15, 0.2) is 0 Å². The molecule has 0 saturated heterocycles. The fraction of sp³-hybridized carbons (Fsp3) is 0.786. The summed E-state index contributed by atoms with van der Waals surface area (Å²) in [6.07, 6.45) is 7.81. The first-order valence-electron chi connectivity index (χ1n) is 6.81. The molecule has 3 nitrogen and oxygen atoms in total. The summed E-state index contributed by atoms with van der Waals surface area (Å²) >= 11 is 0. The largest absolute Gasteiger partial charge is 0.325 e. The van der Waals surface area contributed by atoms with Gasteiger partial charge in [-0.2, -0.15) is 5.10 Å². The minimum atomic E-state index is -0.0112. The van der Waals surface area contributed by atoms with Crippen LogP contribution in [-0.2, 0) is 6.42 Å². The molecule has 1 aliphatic carbocycles. The van der Waals surface area contributed by atoms with Gasteiger partial charge in [-0.25, -0.2) is 0 Å². The van der Waals surface area contributed by atoms with Crippen LogP contribution in [0.1, 0.15) is 58.2 Å². The maximum Gasteiger partial charge on any atom is 0.0643 e. The van der Waals surface area contributed by atoms with Crippen LogP contribution in [0, 0.1) is 5.92 Å². The van der Waals surface area contributed by atoms with Crippen LogP contribution in [0.2, 0.25) is 0 Å². The predicted molar refractivity (Wildman–Crippen MR) is 70.9 cm³/mol. The van der Waals surface area contributed by atoms with Crippen LogP contribution in [0.3, 0.4) is 0 Å². The average molecular weight is 235 g/mol. The quantitative estimate of drug-likeness (QED) is 0.875. The van der Waals surface area contributed by atoms with Gasteiger partial charge in [0.1, 0.15) is 0 Å². The van der Waals surface area contributed by atoms with Gasteiger partial charge in [0.25, 0.3) is 0 Å². The van der Waals surface area contributed by atoms with Crippen molar-refractivity contribution in [3.05, 3.63) is 18.0 Å². The Kier molecular flexibility index (Phi) is 3.57. The van der Waals surface area contributed by atoms with Crippen molar-refractivity contribution >= 4 is 0 Å². The Balaban J connectivity index is 1.99. The highest BCUT2D eigenvalue weighted by Crippen LogP contribution is 2.32. The molecule has 0 radical (unpaired) electrons. The van der Waals surface area contributed by atoms with E-state index in [-0.39, 0.29) is 5.54 Å². The highest BCUT2D eigenvalue weighted by molar-refractivity contribution is 5.07. The molecule has 3 heteroatoms. The number of rotatable bonds is 3. The number of nitrogens with two attached hydrogens (primary N) is 1. The van der Waals surface area contributed by atoms with E-state index in [1.54, 1.807) is 0 Å². The standard InChI is InChI=1S/C14H25N3/c1-11(2)17-9-6-13(16-17)10-14(15)7-4-12(3)5-8-14/h6,9,11-12H,4-5,7-8,10,15H2,1-3H3. The molecular formula is C14H25N3. The second-order valence-corrected chi connectivity index (χ2v) is 6.10. The Bertz CT molecular complexity index is 359. The van der Waals surface area contributed by atoms with Crippen molar-refractivity contribution in [1.82, 2.24) is 9.78 Å². The van der Waals surface area contributed by atoms with E-state index < -0.39 is 0 Å². The summed E-state index contributed by atoms with van der Waals surface area (Å²) in [6, 6.07) is 2.55. The summed E-state index contributed by atoms with van der Waals surface area (Å²) in [7, 11) is 0. The Labute approximate surface area is 104 Å². The fourth-order valence-corrected chi connectivity index (χ4v) is 2.63. The monoisotopic (exact) mass is 235 g/mol. The van der Waals surface area contributed by atoms with Crippen molar-refractivity contribution in [2.24, 2.45) is 11.7 Å². The Morgan fingerprint density at radius 2 is 2.12 bits per heavy atom. The van der Waals surface area contributed by atoms with Crippen molar-refractivity contribution in [2.75, 3.05) is 0 Å². The van der Waals surface area contributed by atoms with Gasteiger partial charge in [-0.1, -0.05) is 6.92 Å². The van der Waals surface area contributed by atoms with E-state index in [1.807, 2.05) is 4.68 Å². The van der Waals surface area contributed by atoms with Crippen molar-refractivity contribution < 1.29 is 0 Å². The lowest BCUT2D eigenvalue weighted by Gasteiger charge is -2.35. The first-order chi connectivity index (χ1) is 7.98. The lowest BCUT2D eigenvalue weighted by molar-refractivity contribution is 0.241. The Morgan fingerprint density at radius 1 is 1.47 bits per heavy atom. The number of nitrogens with zero attached hydrogens (tertiary/aromatic N) is 2. The molecule has 1 heterocycles. The molecule has 1 aromatic heterocycles. The van der Waals surface area contributed by atoms with Gasteiger partial charge < -0.3 is 5.73 Å². The molecule has 1 fully saturated rings. The molecule has 2 rings (SSSR count). The minimum absolute atomic E-state index is 0.0112. The van der Waals surface area contributed by atoms with Gasteiger partial charge in [-0.15, -0.1) is 0 Å². The maximum absolute atomic E-state index is 6.49. The van der Waals surface area contributed by atoms with Gasteiger partial charge in [0, 0.05) is 24.2 Å². The maximum atomic E-state index is 6.49. The van der Waals surface area contributed by atoms with Gasteiger partial charge in [-0.05, 0) is 51.5 Å². The first kappa shape index (κ1) is 12.6. The molecule has 0 spiro atoms. The molecule has 0 unspecified atom stereocenters. The van der Waals surface area contributed by atoms with Crippen molar-refractivity contribution in [3.63, 3.8) is 0 Å². The van der Waals surface area contributed by atoms with Gasteiger partial charge in [0.05, 0.1) is 5.69 Å². The smallest absolute Gasteiger partial charge is 0.0643 e. The third-order valence-corrected chi connectivity index (χ3v) is 4.00. The molecule has 2 N–H and O–H groups in total. The molecule has 1 saturated carbocycles. The van der Waals surface area contributed by atoms with Crippen LogP contribution in [0.4, 0.5) is 0 Å². The van der Waals surface area contributed by atoms with Crippen LogP contribution in [0.15, 0.2) is 12.3 Å². The van der Waals surface area contributed by atoms with E-state index >= 15 is 0 Å². The molecule has 1 aliphatic rings.